The summed E-state index contributed by atoms with van der Waals surface area (Å²) in [4.78, 5) is 6.60. The summed E-state index contributed by atoms with van der Waals surface area (Å²) in [6.45, 7) is 3.21. The maximum atomic E-state index is 7.01. The van der Waals surface area contributed by atoms with Crippen molar-refractivity contribution < 1.29 is 0 Å². The van der Waals surface area contributed by atoms with Gasteiger partial charge in [0.05, 0.1) is 6.04 Å². The van der Waals surface area contributed by atoms with E-state index in [1.54, 1.807) is 0 Å². The molecule has 1 fully saturated rings. The van der Waals surface area contributed by atoms with E-state index in [0.717, 1.165) is 19.4 Å². The molecule has 1 heterocycles. The molecule has 15 heavy (non-hydrogen) atoms. The maximum Gasteiger partial charge on any atom is 0.195 e. The Labute approximate surface area is 90.2 Å². The van der Waals surface area contributed by atoms with E-state index in [1.165, 1.54) is 0 Å². The van der Waals surface area contributed by atoms with Gasteiger partial charge in [0.15, 0.2) is 11.9 Å². The van der Waals surface area contributed by atoms with Crippen molar-refractivity contribution in [2.75, 3.05) is 13.6 Å². The highest BCUT2D eigenvalue weighted by Crippen LogP contribution is 2.17. The lowest BCUT2D eigenvalue weighted by atomic mass is 10.00. The third-order valence-electron chi connectivity index (χ3n) is 2.77. The van der Waals surface area contributed by atoms with Gasteiger partial charge in [-0.2, -0.15) is 0 Å². The molecule has 1 aliphatic rings. The summed E-state index contributed by atoms with van der Waals surface area (Å²) in [6, 6.07) is 0.765. The van der Waals surface area contributed by atoms with Crippen LogP contribution in [0.5, 0.6) is 0 Å². The Balaban J connectivity index is 2.48. The highest BCUT2D eigenvalue weighted by atomic mass is 15.2. The van der Waals surface area contributed by atoms with Gasteiger partial charge in [-0.3, -0.25) is 10.7 Å². The Morgan fingerprint density at radius 2 is 2.20 bits per heavy atom. The van der Waals surface area contributed by atoms with E-state index in [1.807, 2.05) is 0 Å². The summed E-state index contributed by atoms with van der Waals surface area (Å²) in [5, 5.41) is 9.50. The van der Waals surface area contributed by atoms with Crippen LogP contribution in [-0.2, 0) is 0 Å². The van der Waals surface area contributed by atoms with Crippen LogP contribution in [0.3, 0.4) is 0 Å². The predicted octanol–water partition coefficient (Wildman–Crippen LogP) is -0.733. The zero-order chi connectivity index (χ0) is 11.4. The van der Waals surface area contributed by atoms with Crippen molar-refractivity contribution in [1.82, 2.24) is 10.2 Å². The highest BCUT2D eigenvalue weighted by Gasteiger charge is 2.22. The fourth-order valence-corrected chi connectivity index (χ4v) is 1.75. The molecule has 0 aromatic heterocycles. The van der Waals surface area contributed by atoms with Gasteiger partial charge in [-0.1, -0.05) is 0 Å². The molecule has 0 radical (unpaired) electrons. The summed E-state index contributed by atoms with van der Waals surface area (Å²) in [6.07, 6.45) is 2.00. The van der Waals surface area contributed by atoms with Crippen LogP contribution in [0.1, 0.15) is 19.8 Å². The van der Waals surface area contributed by atoms with Crippen molar-refractivity contribution in [3.8, 4) is 0 Å². The van der Waals surface area contributed by atoms with Gasteiger partial charge < -0.3 is 16.4 Å². The number of aliphatic imine (C=N–C) groups is 1. The number of hydrogen-bond acceptors (Lipinski definition) is 3. The van der Waals surface area contributed by atoms with E-state index in [2.05, 4.69) is 29.2 Å². The first-order valence-electron chi connectivity index (χ1n) is 5.13. The second-order valence-electron chi connectivity index (χ2n) is 4.06. The SMILES string of the molecule is CC1CC(N=C(N)NC(=N)N)CCN1C. The minimum absolute atomic E-state index is 0.169. The number of nitrogens with two attached hydrogens (primary N) is 2. The van der Waals surface area contributed by atoms with Gasteiger partial charge >= 0.3 is 0 Å². The molecular weight excluding hydrogens is 192 g/mol. The van der Waals surface area contributed by atoms with Crippen LogP contribution in [0.2, 0.25) is 0 Å². The van der Waals surface area contributed by atoms with Crippen molar-refractivity contribution in [3.63, 3.8) is 0 Å². The highest BCUT2D eigenvalue weighted by molar-refractivity contribution is 5.95. The lowest BCUT2D eigenvalue weighted by molar-refractivity contribution is 0.184. The molecule has 0 amide bonds. The minimum atomic E-state index is -0.169. The average Bonchev–Trinajstić information content (AvgIpc) is 2.10. The average molecular weight is 212 g/mol. The molecule has 1 rings (SSSR count). The first kappa shape index (κ1) is 11.8. The fraction of sp³-hybridized carbons (Fsp3) is 0.778. The van der Waals surface area contributed by atoms with Gasteiger partial charge in [0.25, 0.3) is 0 Å². The van der Waals surface area contributed by atoms with Gasteiger partial charge in [0, 0.05) is 12.6 Å². The first-order valence-corrected chi connectivity index (χ1v) is 5.13. The molecule has 0 aromatic carbocycles. The van der Waals surface area contributed by atoms with E-state index in [9.17, 15) is 0 Å². The second kappa shape index (κ2) is 4.97. The number of hydrogen-bond donors (Lipinski definition) is 4. The molecule has 6 heteroatoms. The Morgan fingerprint density at radius 1 is 1.53 bits per heavy atom. The zero-order valence-electron chi connectivity index (χ0n) is 9.33. The van der Waals surface area contributed by atoms with Crippen LogP contribution in [0.4, 0.5) is 0 Å². The molecule has 0 saturated carbocycles. The second-order valence-corrected chi connectivity index (χ2v) is 4.06. The standard InChI is InChI=1S/C9H20N6/c1-6-5-7(3-4-15(6)2)13-9(12)14-8(10)11/h6-7H,3-5H2,1-2H3,(H6,10,11,12,13,14). The number of rotatable bonds is 1. The maximum absolute atomic E-state index is 7.01. The molecule has 1 saturated heterocycles. The normalized spacial score (nSPS) is 28.8. The van der Waals surface area contributed by atoms with E-state index >= 15 is 0 Å². The van der Waals surface area contributed by atoms with Gasteiger partial charge in [0.2, 0.25) is 0 Å². The van der Waals surface area contributed by atoms with Crippen molar-refractivity contribution >= 4 is 11.9 Å². The lowest BCUT2D eigenvalue weighted by Gasteiger charge is -2.33. The quantitative estimate of drug-likeness (QED) is 0.340. The first-order chi connectivity index (χ1) is 6.99. The van der Waals surface area contributed by atoms with Crippen molar-refractivity contribution in [3.05, 3.63) is 0 Å². The number of piperidine rings is 1. The molecule has 0 bridgehead atoms. The van der Waals surface area contributed by atoms with Crippen LogP contribution in [0, 0.1) is 5.41 Å². The molecule has 86 valence electrons. The van der Waals surface area contributed by atoms with Gasteiger partial charge in [-0.15, -0.1) is 0 Å². The monoisotopic (exact) mass is 212 g/mol. The molecule has 0 spiro atoms. The molecule has 0 aromatic rings. The van der Waals surface area contributed by atoms with Gasteiger partial charge in [-0.05, 0) is 26.8 Å². The third kappa shape index (κ3) is 3.75. The molecule has 6 nitrogen and oxygen atoms in total. The molecular formula is C9H20N6. The summed E-state index contributed by atoms with van der Waals surface area (Å²) in [7, 11) is 2.11. The van der Waals surface area contributed by atoms with Crippen LogP contribution < -0.4 is 16.8 Å². The Bertz CT molecular complexity index is 261. The summed E-state index contributed by atoms with van der Waals surface area (Å²) in [5.41, 5.74) is 10.7. The minimum Gasteiger partial charge on any atom is -0.370 e. The van der Waals surface area contributed by atoms with E-state index < -0.39 is 0 Å². The molecule has 1 aliphatic heterocycles. The third-order valence-corrected chi connectivity index (χ3v) is 2.77. The summed E-state index contributed by atoms with van der Waals surface area (Å²) in [5.74, 6) is 0.0708. The Morgan fingerprint density at radius 3 is 2.73 bits per heavy atom. The summed E-state index contributed by atoms with van der Waals surface area (Å²) < 4.78 is 0. The molecule has 6 N–H and O–H groups in total. The molecule has 2 unspecified atom stereocenters. The lowest BCUT2D eigenvalue weighted by Crippen LogP contribution is -2.44. The predicted molar refractivity (Wildman–Crippen MR) is 61.8 cm³/mol. The largest absolute Gasteiger partial charge is 0.370 e. The van der Waals surface area contributed by atoms with E-state index in [-0.39, 0.29) is 18.0 Å². The Hall–Kier alpha value is -1.30. The van der Waals surface area contributed by atoms with Gasteiger partial charge in [-0.25, -0.2) is 4.99 Å². The van der Waals surface area contributed by atoms with Crippen LogP contribution in [0.15, 0.2) is 4.99 Å². The number of nitrogens with zero attached hydrogens (tertiary/aromatic N) is 2. The Kier molecular flexibility index (Phi) is 3.90. The number of nitrogens with one attached hydrogen (secondary N) is 2. The number of likely N-dealkylation sites (tertiary alicyclic amines) is 1. The van der Waals surface area contributed by atoms with Crippen LogP contribution in [-0.4, -0.2) is 42.5 Å². The van der Waals surface area contributed by atoms with E-state index in [0.29, 0.717) is 6.04 Å². The summed E-state index contributed by atoms with van der Waals surface area (Å²) >= 11 is 0. The van der Waals surface area contributed by atoms with E-state index in [4.69, 9.17) is 16.9 Å². The van der Waals surface area contributed by atoms with Crippen molar-refractivity contribution in [2.24, 2.45) is 16.5 Å². The zero-order valence-corrected chi connectivity index (χ0v) is 9.33. The van der Waals surface area contributed by atoms with Crippen molar-refractivity contribution in [2.45, 2.75) is 31.8 Å². The van der Waals surface area contributed by atoms with Crippen LogP contribution in [0.25, 0.3) is 0 Å². The number of guanidine groups is 2. The van der Waals surface area contributed by atoms with Crippen molar-refractivity contribution in [1.29, 1.82) is 5.41 Å². The molecule has 2 atom stereocenters. The molecule has 0 aliphatic carbocycles. The van der Waals surface area contributed by atoms with Gasteiger partial charge in [0.1, 0.15) is 0 Å². The topological polar surface area (TPSA) is 104 Å². The smallest absolute Gasteiger partial charge is 0.195 e. The fourth-order valence-electron chi connectivity index (χ4n) is 1.75. The van der Waals surface area contributed by atoms with Crippen LogP contribution >= 0.6 is 0 Å².